The van der Waals surface area contributed by atoms with Gasteiger partial charge in [-0.15, -0.1) is 0 Å². The van der Waals surface area contributed by atoms with Gasteiger partial charge >= 0.3 is 0 Å². The van der Waals surface area contributed by atoms with E-state index in [2.05, 4.69) is 10.6 Å². The highest BCUT2D eigenvalue weighted by molar-refractivity contribution is 5.93. The minimum absolute atomic E-state index is 0.118. The maximum absolute atomic E-state index is 12.6. The second kappa shape index (κ2) is 9.75. The zero-order valence-corrected chi connectivity index (χ0v) is 16.9. The van der Waals surface area contributed by atoms with Crippen LogP contribution in [0.2, 0.25) is 0 Å². The Balaban J connectivity index is 1.74. The molecule has 0 bridgehead atoms. The monoisotopic (exact) mass is 390 g/mol. The van der Waals surface area contributed by atoms with Crippen LogP contribution in [0.4, 0.5) is 5.69 Å². The maximum atomic E-state index is 12.6. The number of aryl methyl sites for hydroxylation is 1. The molecule has 0 aliphatic carbocycles. The number of hydrogen-bond acceptors (Lipinski definition) is 4. The van der Waals surface area contributed by atoms with Crippen molar-refractivity contribution in [2.75, 3.05) is 26.1 Å². The summed E-state index contributed by atoms with van der Waals surface area (Å²) in [5.41, 5.74) is 3.85. The predicted molar refractivity (Wildman–Crippen MR) is 116 cm³/mol. The van der Waals surface area contributed by atoms with E-state index in [4.69, 9.17) is 9.47 Å². The fourth-order valence-corrected chi connectivity index (χ4v) is 3.18. The molecule has 0 spiro atoms. The molecule has 0 heterocycles. The van der Waals surface area contributed by atoms with E-state index in [9.17, 15) is 4.79 Å². The summed E-state index contributed by atoms with van der Waals surface area (Å²) in [5, 5.41) is 6.30. The average Bonchev–Trinajstić information content (AvgIpc) is 2.75. The zero-order valence-electron chi connectivity index (χ0n) is 16.9. The van der Waals surface area contributed by atoms with Crippen molar-refractivity contribution in [1.29, 1.82) is 0 Å². The van der Waals surface area contributed by atoms with Gasteiger partial charge in [0.1, 0.15) is 11.5 Å². The molecule has 0 aliphatic rings. The molecule has 0 radical (unpaired) electrons. The number of methoxy groups -OCH3 is 2. The van der Waals surface area contributed by atoms with Gasteiger partial charge in [-0.25, -0.2) is 0 Å². The van der Waals surface area contributed by atoms with Crippen molar-refractivity contribution in [3.05, 3.63) is 89.5 Å². The third kappa shape index (κ3) is 5.36. The van der Waals surface area contributed by atoms with Crippen LogP contribution in [0.1, 0.15) is 22.7 Å². The molecule has 150 valence electrons. The molecule has 2 N–H and O–H groups in total. The Morgan fingerprint density at radius 2 is 1.59 bits per heavy atom. The van der Waals surface area contributed by atoms with Crippen molar-refractivity contribution in [3.8, 4) is 11.5 Å². The highest BCUT2D eigenvalue weighted by atomic mass is 16.5. The number of anilines is 1. The van der Waals surface area contributed by atoms with Crippen molar-refractivity contribution in [3.63, 3.8) is 0 Å². The SMILES string of the molecule is COc1ccc([C@H](NCC(=O)Nc2cc(C)ccc2OC)c2ccccc2)cc1. The molecular formula is C24H26N2O3. The molecule has 1 atom stereocenters. The van der Waals surface area contributed by atoms with Crippen LogP contribution >= 0.6 is 0 Å². The van der Waals surface area contributed by atoms with E-state index in [1.807, 2.05) is 79.7 Å². The van der Waals surface area contributed by atoms with Gasteiger partial charge in [0.2, 0.25) is 5.91 Å². The number of rotatable bonds is 8. The Morgan fingerprint density at radius 3 is 2.24 bits per heavy atom. The minimum atomic E-state index is -0.136. The molecule has 3 rings (SSSR count). The van der Waals surface area contributed by atoms with Gasteiger partial charge in [0, 0.05) is 0 Å². The Hall–Kier alpha value is -3.31. The van der Waals surface area contributed by atoms with Crippen LogP contribution in [0.25, 0.3) is 0 Å². The molecule has 5 nitrogen and oxygen atoms in total. The first kappa shape index (κ1) is 20.4. The molecule has 0 saturated heterocycles. The molecule has 1 amide bonds. The number of benzene rings is 3. The molecule has 0 aliphatic heterocycles. The molecule has 0 unspecified atom stereocenters. The van der Waals surface area contributed by atoms with E-state index in [1.165, 1.54) is 0 Å². The van der Waals surface area contributed by atoms with Gasteiger partial charge in [-0.2, -0.15) is 0 Å². The molecule has 29 heavy (non-hydrogen) atoms. The number of amides is 1. The predicted octanol–water partition coefficient (Wildman–Crippen LogP) is 4.33. The van der Waals surface area contributed by atoms with Gasteiger partial charge < -0.3 is 14.8 Å². The van der Waals surface area contributed by atoms with Gasteiger partial charge in [0.25, 0.3) is 0 Å². The summed E-state index contributed by atoms with van der Waals surface area (Å²) in [6, 6.07) is 23.5. The van der Waals surface area contributed by atoms with Crippen molar-refractivity contribution >= 4 is 11.6 Å². The third-order valence-electron chi connectivity index (χ3n) is 4.68. The van der Waals surface area contributed by atoms with E-state index in [-0.39, 0.29) is 18.5 Å². The Kier molecular flexibility index (Phi) is 6.87. The molecule has 0 saturated carbocycles. The molecule has 0 aromatic heterocycles. The van der Waals surface area contributed by atoms with E-state index >= 15 is 0 Å². The Bertz CT molecular complexity index is 940. The highest BCUT2D eigenvalue weighted by Gasteiger charge is 2.16. The highest BCUT2D eigenvalue weighted by Crippen LogP contribution is 2.26. The van der Waals surface area contributed by atoms with Gasteiger partial charge in [0.05, 0.1) is 32.5 Å². The zero-order chi connectivity index (χ0) is 20.6. The van der Waals surface area contributed by atoms with Gasteiger partial charge in [-0.3, -0.25) is 10.1 Å². The first-order valence-corrected chi connectivity index (χ1v) is 9.47. The van der Waals surface area contributed by atoms with Crippen LogP contribution in [-0.4, -0.2) is 26.7 Å². The van der Waals surface area contributed by atoms with Gasteiger partial charge in [-0.1, -0.05) is 48.5 Å². The molecule has 5 heteroatoms. The van der Waals surface area contributed by atoms with E-state index < -0.39 is 0 Å². The number of nitrogens with one attached hydrogen (secondary N) is 2. The topological polar surface area (TPSA) is 59.6 Å². The maximum Gasteiger partial charge on any atom is 0.238 e. The van der Waals surface area contributed by atoms with Crippen molar-refractivity contribution in [2.24, 2.45) is 0 Å². The normalized spacial score (nSPS) is 11.6. The Labute approximate surface area is 171 Å². The minimum Gasteiger partial charge on any atom is -0.497 e. The van der Waals surface area contributed by atoms with Gasteiger partial charge in [0.15, 0.2) is 0 Å². The fraction of sp³-hybridized carbons (Fsp3) is 0.208. The largest absolute Gasteiger partial charge is 0.497 e. The van der Waals surface area contributed by atoms with Crippen LogP contribution in [0.3, 0.4) is 0 Å². The standard InChI is InChI=1S/C24H26N2O3/c1-17-9-14-22(29-3)21(15-17)26-23(27)16-25-24(18-7-5-4-6-8-18)19-10-12-20(28-2)13-11-19/h4-15,24-25H,16H2,1-3H3,(H,26,27)/t24-/m1/s1. The first-order valence-electron chi connectivity index (χ1n) is 9.47. The average molecular weight is 390 g/mol. The van der Waals surface area contributed by atoms with Crippen LogP contribution in [0.5, 0.6) is 11.5 Å². The second-order valence-electron chi connectivity index (χ2n) is 6.75. The summed E-state index contributed by atoms with van der Waals surface area (Å²) in [6.45, 7) is 2.13. The van der Waals surface area contributed by atoms with E-state index in [0.29, 0.717) is 11.4 Å². The summed E-state index contributed by atoms with van der Waals surface area (Å²) >= 11 is 0. The Morgan fingerprint density at radius 1 is 0.897 bits per heavy atom. The van der Waals surface area contributed by atoms with Crippen molar-refractivity contribution in [1.82, 2.24) is 5.32 Å². The summed E-state index contributed by atoms with van der Waals surface area (Å²) in [7, 11) is 3.24. The van der Waals surface area contributed by atoms with Crippen molar-refractivity contribution in [2.45, 2.75) is 13.0 Å². The van der Waals surface area contributed by atoms with Crippen LogP contribution in [0, 0.1) is 6.92 Å². The molecule has 3 aromatic carbocycles. The third-order valence-corrected chi connectivity index (χ3v) is 4.68. The van der Waals surface area contributed by atoms with E-state index in [1.54, 1.807) is 14.2 Å². The molecule has 3 aromatic rings. The first-order chi connectivity index (χ1) is 14.1. The number of carbonyl (C=O) groups is 1. The van der Waals surface area contributed by atoms with Crippen molar-refractivity contribution < 1.29 is 14.3 Å². The lowest BCUT2D eigenvalue weighted by atomic mass is 9.98. The summed E-state index contributed by atoms with van der Waals surface area (Å²) < 4.78 is 10.6. The van der Waals surface area contributed by atoms with Gasteiger partial charge in [-0.05, 0) is 47.9 Å². The number of ether oxygens (including phenoxy) is 2. The van der Waals surface area contributed by atoms with Crippen LogP contribution < -0.4 is 20.1 Å². The summed E-state index contributed by atoms with van der Waals surface area (Å²) in [4.78, 5) is 12.6. The second-order valence-corrected chi connectivity index (χ2v) is 6.75. The smallest absolute Gasteiger partial charge is 0.238 e. The lowest BCUT2D eigenvalue weighted by Crippen LogP contribution is -2.32. The quantitative estimate of drug-likeness (QED) is 0.601. The lowest BCUT2D eigenvalue weighted by molar-refractivity contribution is -0.115. The van der Waals surface area contributed by atoms with E-state index in [0.717, 1.165) is 22.4 Å². The molecule has 0 fully saturated rings. The summed E-state index contributed by atoms with van der Waals surface area (Å²) in [5.74, 6) is 1.30. The number of hydrogen-bond donors (Lipinski definition) is 2. The summed E-state index contributed by atoms with van der Waals surface area (Å²) in [6.07, 6.45) is 0. The lowest BCUT2D eigenvalue weighted by Gasteiger charge is -2.20. The van der Waals surface area contributed by atoms with Crippen LogP contribution in [0.15, 0.2) is 72.8 Å². The van der Waals surface area contributed by atoms with Crippen LogP contribution in [-0.2, 0) is 4.79 Å². The molecular weight excluding hydrogens is 364 g/mol. The number of carbonyl (C=O) groups excluding carboxylic acids is 1. The fourth-order valence-electron chi connectivity index (χ4n) is 3.18.